The van der Waals surface area contributed by atoms with Crippen molar-refractivity contribution in [3.8, 4) is 0 Å². The minimum Gasteiger partial charge on any atom is -0.352 e. The highest BCUT2D eigenvalue weighted by molar-refractivity contribution is 7.09. The number of aromatic nitrogens is 2. The first-order valence-corrected chi connectivity index (χ1v) is 6.69. The van der Waals surface area contributed by atoms with E-state index in [0.717, 1.165) is 18.7 Å². The molecule has 0 spiro atoms. The Morgan fingerprint density at radius 2 is 2.12 bits per heavy atom. The molecule has 0 fully saturated rings. The van der Waals surface area contributed by atoms with Gasteiger partial charge in [-0.05, 0) is 27.2 Å². The van der Waals surface area contributed by atoms with Gasteiger partial charge >= 0.3 is 0 Å². The van der Waals surface area contributed by atoms with E-state index in [1.807, 2.05) is 20.8 Å². The molecule has 1 aromatic rings. The zero-order valence-corrected chi connectivity index (χ0v) is 11.6. The molecule has 1 amide bonds. The van der Waals surface area contributed by atoms with Gasteiger partial charge in [-0.1, -0.05) is 6.92 Å². The van der Waals surface area contributed by atoms with Crippen molar-refractivity contribution in [2.75, 3.05) is 5.32 Å². The van der Waals surface area contributed by atoms with E-state index < -0.39 is 0 Å². The summed E-state index contributed by atoms with van der Waals surface area (Å²) >= 11 is 1.30. The monoisotopic (exact) mass is 256 g/mol. The average Bonchev–Trinajstić information content (AvgIpc) is 2.65. The van der Waals surface area contributed by atoms with Crippen LogP contribution in [-0.2, 0) is 11.2 Å². The Hall–Kier alpha value is -1.17. The molecule has 0 radical (unpaired) electrons. The molecule has 0 bridgehead atoms. The maximum absolute atomic E-state index is 11.7. The Morgan fingerprint density at radius 3 is 2.71 bits per heavy atom. The third kappa shape index (κ3) is 4.68. The van der Waals surface area contributed by atoms with E-state index in [9.17, 15) is 4.79 Å². The summed E-state index contributed by atoms with van der Waals surface area (Å²) in [6.07, 6.45) is 1.91. The van der Waals surface area contributed by atoms with Gasteiger partial charge < -0.3 is 10.6 Å². The molecule has 0 aromatic carbocycles. The van der Waals surface area contributed by atoms with E-state index in [-0.39, 0.29) is 18.0 Å². The van der Waals surface area contributed by atoms with E-state index in [1.165, 1.54) is 11.5 Å². The van der Waals surface area contributed by atoms with E-state index in [1.54, 1.807) is 0 Å². The number of amides is 1. The second-order valence-corrected chi connectivity index (χ2v) is 5.05. The van der Waals surface area contributed by atoms with Crippen LogP contribution in [0.3, 0.4) is 0 Å². The zero-order valence-electron chi connectivity index (χ0n) is 10.8. The molecule has 1 unspecified atom stereocenters. The van der Waals surface area contributed by atoms with Crippen LogP contribution in [0.2, 0.25) is 0 Å². The van der Waals surface area contributed by atoms with Gasteiger partial charge in [0.1, 0.15) is 11.9 Å². The molecular weight excluding hydrogens is 236 g/mol. The van der Waals surface area contributed by atoms with E-state index >= 15 is 0 Å². The van der Waals surface area contributed by atoms with Crippen molar-refractivity contribution < 1.29 is 4.79 Å². The van der Waals surface area contributed by atoms with Crippen molar-refractivity contribution in [1.82, 2.24) is 14.7 Å². The van der Waals surface area contributed by atoms with Gasteiger partial charge in [-0.2, -0.15) is 4.37 Å². The summed E-state index contributed by atoms with van der Waals surface area (Å²) in [6.45, 7) is 7.79. The van der Waals surface area contributed by atoms with Gasteiger partial charge in [-0.25, -0.2) is 4.98 Å². The predicted octanol–water partition coefficient (Wildman–Crippen LogP) is 1.82. The molecule has 0 aliphatic rings. The number of carbonyl (C=O) groups is 1. The van der Waals surface area contributed by atoms with Crippen molar-refractivity contribution in [3.05, 3.63) is 5.82 Å². The van der Waals surface area contributed by atoms with Crippen molar-refractivity contribution in [2.45, 2.75) is 52.6 Å². The van der Waals surface area contributed by atoms with E-state index in [0.29, 0.717) is 5.13 Å². The summed E-state index contributed by atoms with van der Waals surface area (Å²) in [5.41, 5.74) is 0. The molecule has 0 aliphatic heterocycles. The number of hydrogen-bond donors (Lipinski definition) is 2. The Bertz CT molecular complexity index is 364. The molecule has 1 heterocycles. The molecule has 0 saturated heterocycles. The smallest absolute Gasteiger partial charge is 0.242 e. The quantitative estimate of drug-likeness (QED) is 0.814. The summed E-state index contributed by atoms with van der Waals surface area (Å²) in [7, 11) is 0. The number of rotatable bonds is 6. The highest BCUT2D eigenvalue weighted by Gasteiger charge is 2.15. The second kappa shape index (κ2) is 6.54. The largest absolute Gasteiger partial charge is 0.352 e. The van der Waals surface area contributed by atoms with Gasteiger partial charge in [-0.3, -0.25) is 4.79 Å². The molecule has 1 atom stereocenters. The second-order valence-electron chi connectivity index (χ2n) is 4.30. The standard InChI is InChI=1S/C11H20N4OS/c1-5-6-9-14-11(17-15-9)13-8(4)10(16)12-7(2)3/h7-8H,5-6H2,1-4H3,(H,12,16)(H,13,14,15). The number of anilines is 1. The first-order chi connectivity index (χ1) is 8.02. The Morgan fingerprint density at radius 1 is 1.41 bits per heavy atom. The van der Waals surface area contributed by atoms with Gasteiger partial charge in [0.15, 0.2) is 0 Å². The Kier molecular flexibility index (Phi) is 5.34. The molecule has 1 rings (SSSR count). The van der Waals surface area contributed by atoms with Crippen LogP contribution in [0.4, 0.5) is 5.13 Å². The van der Waals surface area contributed by atoms with Crippen LogP contribution in [0.1, 0.15) is 39.9 Å². The van der Waals surface area contributed by atoms with Gasteiger partial charge in [0, 0.05) is 24.0 Å². The Balaban J connectivity index is 2.49. The van der Waals surface area contributed by atoms with Gasteiger partial charge in [0.05, 0.1) is 0 Å². The molecule has 0 saturated carbocycles. The maximum Gasteiger partial charge on any atom is 0.242 e. The van der Waals surface area contributed by atoms with Crippen LogP contribution < -0.4 is 10.6 Å². The highest BCUT2D eigenvalue weighted by Crippen LogP contribution is 2.13. The van der Waals surface area contributed by atoms with E-state index in [4.69, 9.17) is 0 Å². The first-order valence-electron chi connectivity index (χ1n) is 5.92. The predicted molar refractivity (Wildman–Crippen MR) is 70.3 cm³/mol. The lowest BCUT2D eigenvalue weighted by Crippen LogP contribution is -2.40. The highest BCUT2D eigenvalue weighted by atomic mass is 32.1. The maximum atomic E-state index is 11.7. The average molecular weight is 256 g/mol. The topological polar surface area (TPSA) is 66.9 Å². The van der Waals surface area contributed by atoms with Crippen LogP contribution in [0.15, 0.2) is 0 Å². The third-order valence-corrected chi connectivity index (χ3v) is 2.79. The molecular formula is C11H20N4OS. The van der Waals surface area contributed by atoms with Crippen LogP contribution >= 0.6 is 11.5 Å². The third-order valence-electron chi connectivity index (χ3n) is 2.11. The lowest BCUT2D eigenvalue weighted by atomic mass is 10.3. The number of carbonyl (C=O) groups excluding carboxylic acids is 1. The minimum atomic E-state index is -0.292. The fourth-order valence-corrected chi connectivity index (χ4v) is 2.00. The molecule has 17 heavy (non-hydrogen) atoms. The summed E-state index contributed by atoms with van der Waals surface area (Å²) in [4.78, 5) is 16.0. The summed E-state index contributed by atoms with van der Waals surface area (Å²) < 4.78 is 4.22. The molecule has 5 nitrogen and oxygen atoms in total. The van der Waals surface area contributed by atoms with E-state index in [2.05, 4.69) is 26.9 Å². The van der Waals surface area contributed by atoms with Gasteiger partial charge in [0.2, 0.25) is 11.0 Å². The number of aryl methyl sites for hydroxylation is 1. The molecule has 1 aromatic heterocycles. The summed E-state index contributed by atoms with van der Waals surface area (Å²) in [6, 6.07) is -0.142. The number of nitrogens with zero attached hydrogens (tertiary/aromatic N) is 2. The lowest BCUT2D eigenvalue weighted by molar-refractivity contribution is -0.122. The molecule has 96 valence electrons. The van der Waals surface area contributed by atoms with Crippen molar-refractivity contribution in [1.29, 1.82) is 0 Å². The Labute approximate surface area is 106 Å². The molecule has 6 heteroatoms. The van der Waals surface area contributed by atoms with Crippen LogP contribution in [-0.4, -0.2) is 27.3 Å². The van der Waals surface area contributed by atoms with Crippen molar-refractivity contribution in [2.24, 2.45) is 0 Å². The normalized spacial score (nSPS) is 12.5. The van der Waals surface area contributed by atoms with Gasteiger partial charge in [0.25, 0.3) is 0 Å². The molecule has 2 N–H and O–H groups in total. The summed E-state index contributed by atoms with van der Waals surface area (Å²) in [5.74, 6) is 0.823. The van der Waals surface area contributed by atoms with Crippen molar-refractivity contribution >= 4 is 22.6 Å². The fraction of sp³-hybridized carbons (Fsp3) is 0.727. The van der Waals surface area contributed by atoms with Gasteiger partial charge in [-0.15, -0.1) is 0 Å². The number of hydrogen-bond acceptors (Lipinski definition) is 5. The number of nitrogens with one attached hydrogen (secondary N) is 2. The lowest BCUT2D eigenvalue weighted by Gasteiger charge is -2.14. The van der Waals surface area contributed by atoms with Crippen LogP contribution in [0.25, 0.3) is 0 Å². The fourth-order valence-electron chi connectivity index (χ4n) is 1.30. The minimum absolute atomic E-state index is 0.0211. The van der Waals surface area contributed by atoms with Crippen LogP contribution in [0, 0.1) is 0 Å². The van der Waals surface area contributed by atoms with Crippen LogP contribution in [0.5, 0.6) is 0 Å². The molecule has 0 aliphatic carbocycles. The summed E-state index contributed by atoms with van der Waals surface area (Å²) in [5, 5.41) is 6.62. The van der Waals surface area contributed by atoms with Crippen molar-refractivity contribution in [3.63, 3.8) is 0 Å². The SMILES string of the molecule is CCCc1nsc(NC(C)C(=O)NC(C)C)n1. The first kappa shape index (κ1) is 13.9. The zero-order chi connectivity index (χ0) is 12.8.